The van der Waals surface area contributed by atoms with Gasteiger partial charge in [-0.2, -0.15) is 0 Å². The van der Waals surface area contributed by atoms with Crippen LogP contribution in [0.3, 0.4) is 0 Å². The Kier molecular flexibility index (Phi) is 8.99. The van der Waals surface area contributed by atoms with Gasteiger partial charge in [-0.25, -0.2) is 0 Å². The van der Waals surface area contributed by atoms with Gasteiger partial charge in [0.1, 0.15) is 5.75 Å². The van der Waals surface area contributed by atoms with Crippen molar-refractivity contribution in [2.24, 2.45) is 11.7 Å². The van der Waals surface area contributed by atoms with Gasteiger partial charge in [-0.05, 0) is 44.3 Å². The van der Waals surface area contributed by atoms with Gasteiger partial charge in [0.15, 0.2) is 0 Å². The number of halogens is 1. The monoisotopic (exact) mass is 341 g/mol. The fourth-order valence-corrected chi connectivity index (χ4v) is 3.07. The first-order chi connectivity index (χ1) is 10.7. The van der Waals surface area contributed by atoms with Crippen molar-refractivity contribution < 1.29 is 9.53 Å². The predicted octanol–water partition coefficient (Wildman–Crippen LogP) is 1.79. The molecule has 23 heavy (non-hydrogen) atoms. The molecule has 1 aromatic rings. The van der Waals surface area contributed by atoms with Crippen LogP contribution in [0.25, 0.3) is 0 Å². The summed E-state index contributed by atoms with van der Waals surface area (Å²) < 4.78 is 5.29. The van der Waals surface area contributed by atoms with Crippen molar-refractivity contribution in [2.45, 2.75) is 25.8 Å². The first-order valence-electron chi connectivity index (χ1n) is 8.04. The Morgan fingerprint density at radius 2 is 2.22 bits per heavy atom. The van der Waals surface area contributed by atoms with Gasteiger partial charge in [0.05, 0.1) is 13.7 Å². The van der Waals surface area contributed by atoms with E-state index in [1.807, 2.05) is 24.3 Å². The molecule has 1 aromatic carbocycles. The maximum absolute atomic E-state index is 12.1. The standard InChI is InChI=1S/C17H27N3O2.ClH/c1-22-16-7-3-2-6-15(16)11-19-17(21)13-20-10-4-5-14(12-20)8-9-18;/h2-3,6-7,14H,4-5,8-13,18H2,1H3,(H,19,21);1H. The van der Waals surface area contributed by atoms with Crippen LogP contribution in [0, 0.1) is 5.92 Å². The van der Waals surface area contributed by atoms with Crippen LogP contribution in [0.2, 0.25) is 0 Å². The molecular weight excluding hydrogens is 314 g/mol. The third-order valence-electron chi connectivity index (χ3n) is 4.21. The number of likely N-dealkylation sites (tertiary alicyclic amines) is 1. The van der Waals surface area contributed by atoms with Crippen molar-refractivity contribution in [1.29, 1.82) is 0 Å². The molecule has 0 bridgehead atoms. The molecule has 0 spiro atoms. The number of nitrogens with two attached hydrogens (primary N) is 1. The number of carbonyl (C=O) groups is 1. The van der Waals surface area contributed by atoms with Crippen molar-refractivity contribution in [3.63, 3.8) is 0 Å². The Hall–Kier alpha value is -1.30. The number of methoxy groups -OCH3 is 1. The van der Waals surface area contributed by atoms with E-state index in [0.717, 1.165) is 43.8 Å². The molecule has 130 valence electrons. The average molecular weight is 342 g/mol. The van der Waals surface area contributed by atoms with Crippen LogP contribution in [0.15, 0.2) is 24.3 Å². The normalized spacial score (nSPS) is 18.1. The molecule has 0 aliphatic carbocycles. The molecule has 2 rings (SSSR count). The van der Waals surface area contributed by atoms with Gasteiger partial charge < -0.3 is 15.8 Å². The molecule has 6 heteroatoms. The molecule has 1 atom stereocenters. The lowest BCUT2D eigenvalue weighted by molar-refractivity contribution is -0.122. The fourth-order valence-electron chi connectivity index (χ4n) is 3.07. The summed E-state index contributed by atoms with van der Waals surface area (Å²) in [7, 11) is 1.64. The molecular formula is C17H28ClN3O2. The Labute approximate surface area is 145 Å². The first-order valence-corrected chi connectivity index (χ1v) is 8.04. The predicted molar refractivity (Wildman–Crippen MR) is 94.9 cm³/mol. The van der Waals surface area contributed by atoms with Gasteiger partial charge in [-0.15, -0.1) is 12.4 Å². The lowest BCUT2D eigenvalue weighted by Crippen LogP contribution is -2.42. The third-order valence-corrected chi connectivity index (χ3v) is 4.21. The summed E-state index contributed by atoms with van der Waals surface area (Å²) in [6, 6.07) is 7.75. The SMILES string of the molecule is COc1ccccc1CNC(=O)CN1CCCC(CCN)C1.Cl. The number of amides is 1. The second kappa shape index (κ2) is 10.5. The lowest BCUT2D eigenvalue weighted by Gasteiger charge is -2.32. The summed E-state index contributed by atoms with van der Waals surface area (Å²) in [6.45, 7) is 3.69. The number of rotatable bonds is 7. The van der Waals surface area contributed by atoms with Crippen molar-refractivity contribution in [3.05, 3.63) is 29.8 Å². The average Bonchev–Trinajstić information content (AvgIpc) is 2.54. The molecule has 0 saturated carbocycles. The molecule has 1 heterocycles. The van der Waals surface area contributed by atoms with Gasteiger partial charge in [0, 0.05) is 18.7 Å². The van der Waals surface area contributed by atoms with Gasteiger partial charge in [0.25, 0.3) is 0 Å². The minimum Gasteiger partial charge on any atom is -0.496 e. The first kappa shape index (κ1) is 19.7. The Morgan fingerprint density at radius 1 is 1.43 bits per heavy atom. The summed E-state index contributed by atoms with van der Waals surface area (Å²) in [5, 5.41) is 2.98. The third kappa shape index (κ3) is 6.37. The lowest BCUT2D eigenvalue weighted by atomic mass is 9.95. The van der Waals surface area contributed by atoms with Gasteiger partial charge in [-0.3, -0.25) is 9.69 Å². The minimum absolute atomic E-state index is 0. The number of ether oxygens (including phenoxy) is 1. The second-order valence-corrected chi connectivity index (χ2v) is 5.91. The maximum atomic E-state index is 12.1. The molecule has 1 aliphatic heterocycles. The topological polar surface area (TPSA) is 67.6 Å². The number of carbonyl (C=O) groups excluding carboxylic acids is 1. The van der Waals surface area contributed by atoms with E-state index < -0.39 is 0 Å². The fraction of sp³-hybridized carbons (Fsp3) is 0.588. The number of hydrogen-bond acceptors (Lipinski definition) is 4. The van der Waals surface area contributed by atoms with E-state index in [1.165, 1.54) is 6.42 Å². The summed E-state index contributed by atoms with van der Waals surface area (Å²) in [4.78, 5) is 14.4. The van der Waals surface area contributed by atoms with Crippen LogP contribution >= 0.6 is 12.4 Å². The zero-order chi connectivity index (χ0) is 15.8. The van der Waals surface area contributed by atoms with Gasteiger partial charge >= 0.3 is 0 Å². The molecule has 1 amide bonds. The smallest absolute Gasteiger partial charge is 0.234 e. The molecule has 3 N–H and O–H groups in total. The van der Waals surface area contributed by atoms with E-state index in [9.17, 15) is 4.79 Å². The highest BCUT2D eigenvalue weighted by molar-refractivity contribution is 5.85. The molecule has 1 fully saturated rings. The van der Waals surface area contributed by atoms with E-state index in [0.29, 0.717) is 19.0 Å². The highest BCUT2D eigenvalue weighted by Crippen LogP contribution is 2.19. The summed E-state index contributed by atoms with van der Waals surface area (Å²) >= 11 is 0. The molecule has 5 nitrogen and oxygen atoms in total. The van der Waals surface area contributed by atoms with Crippen molar-refractivity contribution >= 4 is 18.3 Å². The van der Waals surface area contributed by atoms with Crippen LogP contribution in [-0.4, -0.2) is 44.1 Å². The van der Waals surface area contributed by atoms with E-state index >= 15 is 0 Å². The number of nitrogens with zero attached hydrogens (tertiary/aromatic N) is 1. The molecule has 0 radical (unpaired) electrons. The van der Waals surface area contributed by atoms with E-state index in [2.05, 4.69) is 10.2 Å². The summed E-state index contributed by atoms with van der Waals surface area (Å²) in [5.41, 5.74) is 6.63. The Morgan fingerprint density at radius 3 is 2.96 bits per heavy atom. The number of para-hydroxylation sites is 1. The van der Waals surface area contributed by atoms with Crippen LogP contribution in [-0.2, 0) is 11.3 Å². The summed E-state index contributed by atoms with van der Waals surface area (Å²) in [5.74, 6) is 1.52. The highest BCUT2D eigenvalue weighted by atomic mass is 35.5. The van der Waals surface area contributed by atoms with Crippen LogP contribution in [0.1, 0.15) is 24.8 Å². The van der Waals surface area contributed by atoms with Crippen molar-refractivity contribution in [3.8, 4) is 5.75 Å². The molecule has 1 aliphatic rings. The number of hydrogen-bond donors (Lipinski definition) is 2. The summed E-state index contributed by atoms with van der Waals surface area (Å²) in [6.07, 6.45) is 3.44. The highest BCUT2D eigenvalue weighted by Gasteiger charge is 2.20. The van der Waals surface area contributed by atoms with E-state index in [1.54, 1.807) is 7.11 Å². The van der Waals surface area contributed by atoms with Crippen LogP contribution in [0.4, 0.5) is 0 Å². The second-order valence-electron chi connectivity index (χ2n) is 5.91. The molecule has 1 unspecified atom stereocenters. The number of piperidine rings is 1. The van der Waals surface area contributed by atoms with Gasteiger partial charge in [-0.1, -0.05) is 18.2 Å². The Bertz CT molecular complexity index is 483. The zero-order valence-corrected chi connectivity index (χ0v) is 14.6. The Balaban J connectivity index is 0.00000264. The zero-order valence-electron chi connectivity index (χ0n) is 13.8. The number of nitrogens with one attached hydrogen (secondary N) is 1. The minimum atomic E-state index is 0. The van der Waals surface area contributed by atoms with Gasteiger partial charge in [0.2, 0.25) is 5.91 Å². The van der Waals surface area contributed by atoms with Crippen LogP contribution < -0.4 is 15.8 Å². The largest absolute Gasteiger partial charge is 0.496 e. The molecule has 0 aromatic heterocycles. The van der Waals surface area contributed by atoms with E-state index in [-0.39, 0.29) is 18.3 Å². The quantitative estimate of drug-likeness (QED) is 0.793. The van der Waals surface area contributed by atoms with Crippen molar-refractivity contribution in [2.75, 3.05) is 33.3 Å². The van der Waals surface area contributed by atoms with Crippen molar-refractivity contribution in [1.82, 2.24) is 10.2 Å². The van der Waals surface area contributed by atoms with E-state index in [4.69, 9.17) is 10.5 Å². The van der Waals surface area contributed by atoms with Crippen LogP contribution in [0.5, 0.6) is 5.75 Å². The maximum Gasteiger partial charge on any atom is 0.234 e. The number of benzene rings is 1. The molecule has 1 saturated heterocycles.